The number of nitrogens with zero attached hydrogens (tertiary/aromatic N) is 3. The summed E-state index contributed by atoms with van der Waals surface area (Å²) in [6.45, 7) is 1.65. The topological polar surface area (TPSA) is 82.9 Å². The maximum Gasteiger partial charge on any atom is 0.190 e. The molecule has 1 aromatic heterocycles. The molecule has 2 atom stereocenters. The van der Waals surface area contributed by atoms with E-state index in [4.69, 9.17) is 5.53 Å². The summed E-state index contributed by atoms with van der Waals surface area (Å²) in [5.41, 5.74) is 9.06. The van der Waals surface area contributed by atoms with E-state index in [1.54, 1.807) is 18.4 Å². The van der Waals surface area contributed by atoms with E-state index in [0.717, 1.165) is 0 Å². The molecule has 1 aromatic rings. The second-order valence-corrected chi connectivity index (χ2v) is 6.95. The molecule has 80 valence electrons. The molecule has 0 saturated heterocycles. The van der Waals surface area contributed by atoms with Crippen molar-refractivity contribution >= 4 is 21.2 Å². The van der Waals surface area contributed by atoms with Crippen molar-refractivity contribution in [1.82, 2.24) is 0 Å². The van der Waals surface area contributed by atoms with Gasteiger partial charge in [0.05, 0.1) is 11.3 Å². The van der Waals surface area contributed by atoms with Gasteiger partial charge in [0.1, 0.15) is 4.21 Å². The average Bonchev–Trinajstić information content (AvgIpc) is 2.64. The summed E-state index contributed by atoms with van der Waals surface area (Å²) in [7, 11) is -3.19. The van der Waals surface area contributed by atoms with E-state index in [2.05, 4.69) is 10.0 Å². The first-order valence-corrected chi connectivity index (χ1v) is 6.85. The molecule has 0 aliphatic carbocycles. The number of thiophene rings is 1. The molecule has 2 heterocycles. The lowest BCUT2D eigenvalue weighted by Gasteiger charge is -2.23. The Bertz CT molecular complexity index is 528. The molecule has 0 fully saturated rings. The van der Waals surface area contributed by atoms with Gasteiger partial charge in [-0.2, -0.15) is 0 Å². The van der Waals surface area contributed by atoms with Gasteiger partial charge in [0.25, 0.3) is 0 Å². The van der Waals surface area contributed by atoms with Gasteiger partial charge in [0.2, 0.25) is 0 Å². The second-order valence-electron chi connectivity index (χ2n) is 3.48. The van der Waals surface area contributed by atoms with Crippen LogP contribution in [0.25, 0.3) is 10.4 Å². The van der Waals surface area contributed by atoms with Crippen LogP contribution in [0.5, 0.6) is 0 Å². The lowest BCUT2D eigenvalue weighted by atomic mass is 10.1. The smallest absolute Gasteiger partial charge is 0.190 e. The monoisotopic (exact) mass is 243 g/mol. The summed E-state index contributed by atoms with van der Waals surface area (Å²) in [6.07, 6.45) is 0.371. The maximum atomic E-state index is 11.9. The fraction of sp³-hybridized carbons (Fsp3) is 0.500. The van der Waals surface area contributed by atoms with E-state index < -0.39 is 15.1 Å². The molecule has 0 bridgehead atoms. The van der Waals surface area contributed by atoms with Crippen LogP contribution in [0.1, 0.15) is 24.9 Å². The van der Waals surface area contributed by atoms with Crippen LogP contribution in [0.3, 0.4) is 0 Å². The van der Waals surface area contributed by atoms with Gasteiger partial charge < -0.3 is 0 Å². The van der Waals surface area contributed by atoms with Gasteiger partial charge in [-0.3, -0.25) is 0 Å². The van der Waals surface area contributed by atoms with Crippen LogP contribution in [-0.2, 0) is 9.84 Å². The van der Waals surface area contributed by atoms with Gasteiger partial charge in [-0.15, -0.1) is 11.3 Å². The third-order valence-electron chi connectivity index (χ3n) is 2.55. The molecule has 15 heavy (non-hydrogen) atoms. The second kappa shape index (κ2) is 3.52. The zero-order valence-electron chi connectivity index (χ0n) is 7.99. The Kier molecular flexibility index (Phi) is 2.46. The van der Waals surface area contributed by atoms with E-state index in [-0.39, 0.29) is 6.04 Å². The SMILES string of the molecule is C[C@@H]1C[C@H](N=[N+]=[N-])c2ccsc2S1(=O)=O. The first kappa shape index (κ1) is 10.5. The number of hydrogen-bond acceptors (Lipinski definition) is 4. The van der Waals surface area contributed by atoms with E-state index in [1.165, 1.54) is 11.3 Å². The molecule has 1 aliphatic rings. The minimum atomic E-state index is -3.19. The van der Waals surface area contributed by atoms with Crippen molar-refractivity contribution in [2.45, 2.75) is 28.8 Å². The van der Waals surface area contributed by atoms with E-state index >= 15 is 0 Å². The van der Waals surface area contributed by atoms with Crippen molar-refractivity contribution < 1.29 is 8.42 Å². The third-order valence-corrected chi connectivity index (χ3v) is 6.26. The van der Waals surface area contributed by atoms with Crippen LogP contribution in [0.2, 0.25) is 0 Å². The van der Waals surface area contributed by atoms with E-state index in [0.29, 0.717) is 16.2 Å². The number of fused-ring (bicyclic) bond motifs is 1. The molecule has 2 rings (SSSR count). The Balaban J connectivity index is 2.62. The minimum absolute atomic E-state index is 0.338. The molecule has 0 radical (unpaired) electrons. The van der Waals surface area contributed by atoms with Crippen LogP contribution in [-0.4, -0.2) is 13.7 Å². The van der Waals surface area contributed by atoms with Crippen molar-refractivity contribution in [3.8, 4) is 0 Å². The van der Waals surface area contributed by atoms with Crippen LogP contribution >= 0.6 is 11.3 Å². The molecule has 7 heteroatoms. The highest BCUT2D eigenvalue weighted by atomic mass is 32.2. The van der Waals surface area contributed by atoms with Gasteiger partial charge in [0, 0.05) is 4.91 Å². The Labute approximate surface area is 91.3 Å². The number of hydrogen-bond donors (Lipinski definition) is 0. The Morgan fingerprint density at radius 3 is 3.07 bits per heavy atom. The lowest BCUT2D eigenvalue weighted by Crippen LogP contribution is -2.25. The van der Waals surface area contributed by atoms with Crippen molar-refractivity contribution in [2.24, 2.45) is 5.11 Å². The molecule has 0 N–H and O–H groups in total. The quantitative estimate of drug-likeness (QED) is 0.431. The Morgan fingerprint density at radius 2 is 2.40 bits per heavy atom. The van der Waals surface area contributed by atoms with Gasteiger partial charge in [-0.25, -0.2) is 8.42 Å². The highest BCUT2D eigenvalue weighted by Gasteiger charge is 2.36. The standard InChI is InChI=1S/C8H9N3O2S2/c1-5-4-7(10-11-9)6-2-3-14-8(6)15(5,12)13/h2-3,5,7H,4H2,1H3/t5-,7+/m1/s1. The lowest BCUT2D eigenvalue weighted by molar-refractivity contribution is 0.541. The third kappa shape index (κ3) is 1.52. The number of rotatable bonds is 1. The van der Waals surface area contributed by atoms with E-state index in [9.17, 15) is 8.42 Å². The molecule has 0 spiro atoms. The van der Waals surface area contributed by atoms with Gasteiger partial charge in [0.15, 0.2) is 9.84 Å². The summed E-state index contributed by atoms with van der Waals surface area (Å²) in [4.78, 5) is 2.75. The van der Waals surface area contributed by atoms with Crippen molar-refractivity contribution in [3.05, 3.63) is 27.5 Å². The minimum Gasteiger partial charge on any atom is -0.223 e. The molecular formula is C8H9N3O2S2. The van der Waals surface area contributed by atoms with Crippen LogP contribution in [0.15, 0.2) is 20.8 Å². The van der Waals surface area contributed by atoms with E-state index in [1.807, 2.05) is 0 Å². The van der Waals surface area contributed by atoms with Crippen molar-refractivity contribution in [3.63, 3.8) is 0 Å². The average molecular weight is 243 g/mol. The molecule has 0 unspecified atom stereocenters. The molecule has 0 saturated carbocycles. The Morgan fingerprint density at radius 1 is 1.67 bits per heavy atom. The zero-order chi connectivity index (χ0) is 11.1. The summed E-state index contributed by atoms with van der Waals surface area (Å²) >= 11 is 1.19. The van der Waals surface area contributed by atoms with Crippen molar-refractivity contribution in [2.75, 3.05) is 0 Å². The molecule has 0 aromatic carbocycles. The van der Waals surface area contributed by atoms with Crippen LogP contribution in [0.4, 0.5) is 0 Å². The zero-order valence-corrected chi connectivity index (χ0v) is 9.62. The largest absolute Gasteiger partial charge is 0.223 e. The fourth-order valence-electron chi connectivity index (χ4n) is 1.71. The van der Waals surface area contributed by atoms with Crippen LogP contribution < -0.4 is 0 Å². The molecular weight excluding hydrogens is 234 g/mol. The summed E-state index contributed by atoms with van der Waals surface area (Å²) in [6, 6.07) is 1.39. The Hall–Kier alpha value is -1.04. The first-order valence-electron chi connectivity index (χ1n) is 4.43. The van der Waals surface area contributed by atoms with Gasteiger partial charge in [-0.1, -0.05) is 5.11 Å². The summed E-state index contributed by atoms with van der Waals surface area (Å²) in [5, 5.41) is 4.89. The normalized spacial score (nSPS) is 27.8. The highest BCUT2D eigenvalue weighted by Crippen LogP contribution is 2.41. The van der Waals surface area contributed by atoms with Crippen molar-refractivity contribution in [1.29, 1.82) is 0 Å². The number of sulfone groups is 1. The predicted molar refractivity (Wildman–Crippen MR) is 57.5 cm³/mol. The van der Waals surface area contributed by atoms with Gasteiger partial charge in [-0.05, 0) is 35.9 Å². The highest BCUT2D eigenvalue weighted by molar-refractivity contribution is 7.94. The summed E-state index contributed by atoms with van der Waals surface area (Å²) < 4.78 is 24.1. The molecule has 1 aliphatic heterocycles. The van der Waals surface area contributed by atoms with Crippen LogP contribution in [0, 0.1) is 0 Å². The maximum absolute atomic E-state index is 11.9. The number of azide groups is 1. The molecule has 0 amide bonds. The molecule has 5 nitrogen and oxygen atoms in total. The first-order chi connectivity index (χ1) is 7.07. The van der Waals surface area contributed by atoms with Gasteiger partial charge >= 0.3 is 0 Å². The predicted octanol–water partition coefficient (Wildman–Crippen LogP) is 2.67. The fourth-order valence-corrected chi connectivity index (χ4v) is 4.91. The summed E-state index contributed by atoms with van der Waals surface area (Å²) in [5.74, 6) is 0.